The van der Waals surface area contributed by atoms with Gasteiger partial charge in [0, 0.05) is 24.5 Å². The van der Waals surface area contributed by atoms with Crippen LogP contribution in [0.15, 0.2) is 18.3 Å². The second-order valence-electron chi connectivity index (χ2n) is 5.21. The SMILES string of the molecule is COc1cc(NCC2(CN)CCCCC2)ccn1. The fourth-order valence-corrected chi connectivity index (χ4v) is 2.68. The van der Waals surface area contributed by atoms with E-state index in [1.807, 2.05) is 12.1 Å². The predicted octanol–water partition coefficient (Wildman–Crippen LogP) is 2.41. The molecular weight excluding hydrogens is 226 g/mol. The summed E-state index contributed by atoms with van der Waals surface area (Å²) >= 11 is 0. The fourth-order valence-electron chi connectivity index (χ4n) is 2.68. The van der Waals surface area contributed by atoms with Crippen LogP contribution in [0.3, 0.4) is 0 Å². The van der Waals surface area contributed by atoms with Gasteiger partial charge in [0.15, 0.2) is 0 Å². The summed E-state index contributed by atoms with van der Waals surface area (Å²) in [4.78, 5) is 4.10. The van der Waals surface area contributed by atoms with E-state index in [2.05, 4.69) is 10.3 Å². The van der Waals surface area contributed by atoms with Gasteiger partial charge in [-0.05, 0) is 30.9 Å². The molecule has 0 saturated heterocycles. The van der Waals surface area contributed by atoms with Crippen LogP contribution < -0.4 is 15.8 Å². The molecule has 3 N–H and O–H groups in total. The summed E-state index contributed by atoms with van der Waals surface area (Å²) in [7, 11) is 1.63. The number of nitrogens with zero attached hydrogens (tertiary/aromatic N) is 1. The van der Waals surface area contributed by atoms with Crippen LogP contribution in [0, 0.1) is 5.41 Å². The predicted molar refractivity (Wildman–Crippen MR) is 73.9 cm³/mol. The molecule has 1 saturated carbocycles. The normalized spacial score (nSPS) is 18.3. The first-order valence-electron chi connectivity index (χ1n) is 6.72. The largest absolute Gasteiger partial charge is 0.481 e. The summed E-state index contributed by atoms with van der Waals surface area (Å²) in [6.45, 7) is 1.71. The summed E-state index contributed by atoms with van der Waals surface area (Å²) in [5.41, 5.74) is 7.31. The Hall–Kier alpha value is -1.29. The zero-order chi connectivity index (χ0) is 12.8. The smallest absolute Gasteiger partial charge is 0.214 e. The molecule has 0 aliphatic heterocycles. The molecule has 18 heavy (non-hydrogen) atoms. The second-order valence-corrected chi connectivity index (χ2v) is 5.21. The van der Waals surface area contributed by atoms with E-state index in [1.165, 1.54) is 32.1 Å². The maximum Gasteiger partial charge on any atom is 0.214 e. The van der Waals surface area contributed by atoms with Crippen LogP contribution in [0.4, 0.5) is 5.69 Å². The van der Waals surface area contributed by atoms with Crippen LogP contribution in [-0.2, 0) is 0 Å². The van der Waals surface area contributed by atoms with Gasteiger partial charge >= 0.3 is 0 Å². The van der Waals surface area contributed by atoms with Gasteiger partial charge in [-0.2, -0.15) is 0 Å². The van der Waals surface area contributed by atoms with Crippen LogP contribution in [0.5, 0.6) is 5.88 Å². The molecule has 1 aromatic heterocycles. The minimum atomic E-state index is 0.273. The molecule has 100 valence electrons. The van der Waals surface area contributed by atoms with Crippen LogP contribution in [0.25, 0.3) is 0 Å². The Kier molecular flexibility index (Phi) is 4.42. The third-order valence-electron chi connectivity index (χ3n) is 3.96. The van der Waals surface area contributed by atoms with Crippen molar-refractivity contribution in [2.45, 2.75) is 32.1 Å². The van der Waals surface area contributed by atoms with E-state index in [0.29, 0.717) is 5.88 Å². The molecule has 2 rings (SSSR count). The van der Waals surface area contributed by atoms with Crippen LogP contribution in [0.2, 0.25) is 0 Å². The van der Waals surface area contributed by atoms with Gasteiger partial charge in [0.05, 0.1) is 7.11 Å². The number of hydrogen-bond acceptors (Lipinski definition) is 4. The minimum Gasteiger partial charge on any atom is -0.481 e. The van der Waals surface area contributed by atoms with Gasteiger partial charge in [-0.15, -0.1) is 0 Å². The highest BCUT2D eigenvalue weighted by molar-refractivity contribution is 5.45. The standard InChI is InChI=1S/C14H23N3O/c1-18-13-9-12(5-8-16-13)17-11-14(10-15)6-3-2-4-7-14/h5,8-9H,2-4,6-7,10-11,15H2,1H3,(H,16,17). The number of pyridine rings is 1. The molecular formula is C14H23N3O. The average molecular weight is 249 g/mol. The quantitative estimate of drug-likeness (QED) is 0.841. The Morgan fingerprint density at radius 3 is 2.83 bits per heavy atom. The molecule has 1 fully saturated rings. The van der Waals surface area contributed by atoms with Gasteiger partial charge < -0.3 is 15.8 Å². The monoisotopic (exact) mass is 249 g/mol. The first kappa shape index (κ1) is 13.1. The summed E-state index contributed by atoms with van der Waals surface area (Å²) in [6, 6.07) is 3.89. The van der Waals surface area contributed by atoms with E-state index in [1.54, 1.807) is 13.3 Å². The van der Waals surface area contributed by atoms with E-state index >= 15 is 0 Å². The highest BCUT2D eigenvalue weighted by Crippen LogP contribution is 2.35. The molecule has 0 amide bonds. The number of nitrogens with one attached hydrogen (secondary N) is 1. The number of rotatable bonds is 5. The Bertz CT molecular complexity index is 375. The number of hydrogen-bond donors (Lipinski definition) is 2. The van der Waals surface area contributed by atoms with Crippen LogP contribution >= 0.6 is 0 Å². The highest BCUT2D eigenvalue weighted by atomic mass is 16.5. The summed E-state index contributed by atoms with van der Waals surface area (Å²) in [6.07, 6.45) is 8.19. The van der Waals surface area contributed by atoms with E-state index < -0.39 is 0 Å². The van der Waals surface area contributed by atoms with Gasteiger partial charge in [0.1, 0.15) is 0 Å². The summed E-state index contributed by atoms with van der Waals surface area (Å²) < 4.78 is 5.12. The molecule has 0 bridgehead atoms. The lowest BCUT2D eigenvalue weighted by Crippen LogP contribution is -2.39. The zero-order valence-electron chi connectivity index (χ0n) is 11.1. The lowest BCUT2D eigenvalue weighted by atomic mass is 9.74. The first-order chi connectivity index (χ1) is 8.78. The van der Waals surface area contributed by atoms with Crippen molar-refractivity contribution < 1.29 is 4.74 Å². The van der Waals surface area contributed by atoms with Gasteiger partial charge in [-0.3, -0.25) is 0 Å². The first-order valence-corrected chi connectivity index (χ1v) is 6.72. The van der Waals surface area contributed by atoms with Crippen molar-refractivity contribution in [3.8, 4) is 5.88 Å². The fraction of sp³-hybridized carbons (Fsp3) is 0.643. The Balaban J connectivity index is 1.96. The maximum atomic E-state index is 5.98. The molecule has 1 aliphatic carbocycles. The third kappa shape index (κ3) is 3.13. The molecule has 1 aromatic rings. The van der Waals surface area contributed by atoms with Crippen LogP contribution in [-0.4, -0.2) is 25.2 Å². The van der Waals surface area contributed by atoms with Gasteiger partial charge in [0.25, 0.3) is 0 Å². The number of ether oxygens (including phenoxy) is 1. The summed E-state index contributed by atoms with van der Waals surface area (Å²) in [5, 5.41) is 3.48. The van der Waals surface area contributed by atoms with Crippen LogP contribution in [0.1, 0.15) is 32.1 Å². The number of methoxy groups -OCH3 is 1. The van der Waals surface area contributed by atoms with Crippen molar-refractivity contribution in [3.63, 3.8) is 0 Å². The molecule has 0 spiro atoms. The molecule has 0 unspecified atom stereocenters. The molecule has 0 atom stereocenters. The lowest BCUT2D eigenvalue weighted by Gasteiger charge is -2.36. The molecule has 1 heterocycles. The van der Waals surface area contributed by atoms with Crippen molar-refractivity contribution in [1.82, 2.24) is 4.98 Å². The molecule has 4 nitrogen and oxygen atoms in total. The lowest BCUT2D eigenvalue weighted by molar-refractivity contribution is 0.215. The topological polar surface area (TPSA) is 60.2 Å². The second kappa shape index (κ2) is 6.05. The maximum absolute atomic E-state index is 5.98. The Morgan fingerprint density at radius 1 is 1.39 bits per heavy atom. The molecule has 4 heteroatoms. The zero-order valence-corrected chi connectivity index (χ0v) is 11.1. The number of anilines is 1. The third-order valence-corrected chi connectivity index (χ3v) is 3.96. The van der Waals surface area contributed by atoms with Crippen molar-refractivity contribution in [2.75, 3.05) is 25.5 Å². The van der Waals surface area contributed by atoms with E-state index in [9.17, 15) is 0 Å². The van der Waals surface area contributed by atoms with Crippen molar-refractivity contribution in [3.05, 3.63) is 18.3 Å². The van der Waals surface area contributed by atoms with Gasteiger partial charge in [-0.25, -0.2) is 4.98 Å². The van der Waals surface area contributed by atoms with Gasteiger partial charge in [-0.1, -0.05) is 19.3 Å². The average Bonchev–Trinajstić information content (AvgIpc) is 2.46. The highest BCUT2D eigenvalue weighted by Gasteiger charge is 2.30. The Labute approximate surface area is 109 Å². The van der Waals surface area contributed by atoms with Crippen molar-refractivity contribution >= 4 is 5.69 Å². The van der Waals surface area contributed by atoms with E-state index in [0.717, 1.165) is 18.8 Å². The molecule has 1 aliphatic rings. The van der Waals surface area contributed by atoms with E-state index in [-0.39, 0.29) is 5.41 Å². The molecule has 0 radical (unpaired) electrons. The minimum absolute atomic E-state index is 0.273. The van der Waals surface area contributed by atoms with Crippen molar-refractivity contribution in [1.29, 1.82) is 0 Å². The Morgan fingerprint density at radius 2 is 2.17 bits per heavy atom. The summed E-state index contributed by atoms with van der Waals surface area (Å²) in [5.74, 6) is 0.644. The number of aromatic nitrogens is 1. The molecule has 0 aromatic carbocycles. The van der Waals surface area contributed by atoms with Crippen molar-refractivity contribution in [2.24, 2.45) is 11.1 Å². The van der Waals surface area contributed by atoms with Gasteiger partial charge in [0.2, 0.25) is 5.88 Å². The number of nitrogens with two attached hydrogens (primary N) is 1. The van der Waals surface area contributed by atoms with E-state index in [4.69, 9.17) is 10.5 Å².